The number of hydrogen-bond acceptors (Lipinski definition) is 3. The molecule has 0 spiro atoms. The molecule has 0 N–H and O–H groups in total. The van der Waals surface area contributed by atoms with Crippen LogP contribution in [0.25, 0.3) is 10.9 Å². The Morgan fingerprint density at radius 3 is 2.34 bits per heavy atom. The molecule has 3 aromatic carbocycles. The van der Waals surface area contributed by atoms with Crippen LogP contribution in [0.4, 0.5) is 8.78 Å². The number of benzene rings is 3. The number of nitrogens with zero attached hydrogens (tertiary/aromatic N) is 2. The van der Waals surface area contributed by atoms with Crippen LogP contribution in [0.5, 0.6) is 0 Å². The van der Waals surface area contributed by atoms with Crippen molar-refractivity contribution in [1.82, 2.24) is 9.55 Å². The summed E-state index contributed by atoms with van der Waals surface area (Å²) in [6.45, 7) is 2.38. The smallest absolute Gasteiger partial charge is 0.262 e. The Bertz CT molecular complexity index is 1220. The summed E-state index contributed by atoms with van der Waals surface area (Å²) < 4.78 is 28.6. The normalized spacial score (nSPS) is 11.1. The lowest BCUT2D eigenvalue weighted by Gasteiger charge is -2.13. The summed E-state index contributed by atoms with van der Waals surface area (Å²) in [6, 6.07) is 18.6. The topological polar surface area (TPSA) is 34.9 Å². The van der Waals surface area contributed by atoms with Gasteiger partial charge in [0.25, 0.3) is 5.56 Å². The Labute approximate surface area is 171 Å². The summed E-state index contributed by atoms with van der Waals surface area (Å²) in [4.78, 5) is 17.8. The molecule has 0 aliphatic rings. The Balaban J connectivity index is 1.74. The average molecular weight is 408 g/mol. The van der Waals surface area contributed by atoms with Crippen LogP contribution in [0, 0.1) is 18.6 Å². The third-order valence-electron chi connectivity index (χ3n) is 4.58. The molecule has 0 saturated heterocycles. The van der Waals surface area contributed by atoms with Crippen LogP contribution < -0.4 is 5.56 Å². The molecule has 6 heteroatoms. The molecule has 3 nitrogen and oxygen atoms in total. The molecule has 1 heterocycles. The van der Waals surface area contributed by atoms with Crippen molar-refractivity contribution in [3.05, 3.63) is 105 Å². The van der Waals surface area contributed by atoms with Crippen LogP contribution in [-0.4, -0.2) is 9.55 Å². The SMILES string of the molecule is Cc1ccc(Cn2c(SCc3cc(F)cc(F)c3)nc3ccccc3c2=O)cc1. The molecule has 0 atom stereocenters. The van der Waals surface area contributed by atoms with Crippen molar-refractivity contribution in [2.45, 2.75) is 24.4 Å². The van der Waals surface area contributed by atoms with Gasteiger partial charge in [-0.15, -0.1) is 0 Å². The van der Waals surface area contributed by atoms with E-state index in [-0.39, 0.29) is 5.56 Å². The van der Waals surface area contributed by atoms with E-state index in [0.717, 1.165) is 17.2 Å². The highest BCUT2D eigenvalue weighted by Crippen LogP contribution is 2.24. The summed E-state index contributed by atoms with van der Waals surface area (Å²) in [7, 11) is 0. The third kappa shape index (κ3) is 4.38. The van der Waals surface area contributed by atoms with Gasteiger partial charge < -0.3 is 0 Å². The highest BCUT2D eigenvalue weighted by Gasteiger charge is 2.13. The summed E-state index contributed by atoms with van der Waals surface area (Å²) in [5.41, 5.74) is 3.08. The predicted octanol–water partition coefficient (Wildman–Crippen LogP) is 5.32. The zero-order valence-electron chi connectivity index (χ0n) is 15.7. The number of rotatable bonds is 5. The zero-order valence-corrected chi connectivity index (χ0v) is 16.5. The summed E-state index contributed by atoms with van der Waals surface area (Å²) in [5, 5.41) is 1.06. The molecule has 1 aromatic heterocycles. The van der Waals surface area contributed by atoms with Crippen molar-refractivity contribution < 1.29 is 8.78 Å². The molecule has 4 aromatic rings. The lowest BCUT2D eigenvalue weighted by Crippen LogP contribution is -2.24. The van der Waals surface area contributed by atoms with Gasteiger partial charge in [-0.1, -0.05) is 53.7 Å². The molecule has 4 rings (SSSR count). The molecule has 0 aliphatic carbocycles. The Morgan fingerprint density at radius 1 is 0.931 bits per heavy atom. The van der Waals surface area contributed by atoms with Crippen LogP contribution in [0.3, 0.4) is 0 Å². The molecule has 0 fully saturated rings. The molecule has 0 amide bonds. The van der Waals surface area contributed by atoms with E-state index in [1.54, 1.807) is 16.7 Å². The van der Waals surface area contributed by atoms with Crippen LogP contribution >= 0.6 is 11.8 Å². The van der Waals surface area contributed by atoms with Gasteiger partial charge in [0.15, 0.2) is 5.16 Å². The molecule has 0 bridgehead atoms. The molecule has 0 radical (unpaired) electrons. The minimum Gasteiger partial charge on any atom is -0.283 e. The summed E-state index contributed by atoms with van der Waals surface area (Å²) in [5.74, 6) is -0.943. The number of aryl methyl sites for hydroxylation is 1. The van der Waals surface area contributed by atoms with E-state index in [2.05, 4.69) is 4.98 Å². The van der Waals surface area contributed by atoms with Crippen LogP contribution in [-0.2, 0) is 12.3 Å². The number of fused-ring (bicyclic) bond motifs is 1. The largest absolute Gasteiger partial charge is 0.283 e. The Hall–Kier alpha value is -2.99. The maximum absolute atomic E-state index is 13.5. The molecule has 0 unspecified atom stereocenters. The first-order valence-electron chi connectivity index (χ1n) is 9.12. The fourth-order valence-electron chi connectivity index (χ4n) is 3.12. The van der Waals surface area contributed by atoms with Crippen LogP contribution in [0.2, 0.25) is 0 Å². The minimum absolute atomic E-state index is 0.135. The molecule has 0 aliphatic heterocycles. The molecule has 146 valence electrons. The Morgan fingerprint density at radius 2 is 1.62 bits per heavy atom. The fraction of sp³-hybridized carbons (Fsp3) is 0.130. The standard InChI is InChI=1S/C23H18F2N2OS/c1-15-6-8-16(9-7-15)13-27-22(28)20-4-2-3-5-21(20)26-23(27)29-14-17-10-18(24)12-19(25)11-17/h2-12H,13-14H2,1H3. The van der Waals surface area contributed by atoms with E-state index in [1.165, 1.54) is 23.9 Å². The maximum Gasteiger partial charge on any atom is 0.262 e. The fourth-order valence-corrected chi connectivity index (χ4v) is 4.04. The van der Waals surface area contributed by atoms with Crippen molar-refractivity contribution >= 4 is 22.7 Å². The number of thioether (sulfide) groups is 1. The Kier molecular flexibility index (Phi) is 5.45. The van der Waals surface area contributed by atoms with Crippen molar-refractivity contribution in [3.63, 3.8) is 0 Å². The third-order valence-corrected chi connectivity index (χ3v) is 5.63. The molecule has 0 saturated carbocycles. The quantitative estimate of drug-likeness (QED) is 0.331. The van der Waals surface area contributed by atoms with E-state index in [1.807, 2.05) is 43.3 Å². The first-order valence-corrected chi connectivity index (χ1v) is 10.1. The molecular weight excluding hydrogens is 390 g/mol. The van der Waals surface area contributed by atoms with Crippen molar-refractivity contribution in [2.75, 3.05) is 0 Å². The lowest BCUT2D eigenvalue weighted by atomic mass is 10.1. The van der Waals surface area contributed by atoms with E-state index in [9.17, 15) is 13.6 Å². The lowest BCUT2D eigenvalue weighted by molar-refractivity contribution is 0.581. The van der Waals surface area contributed by atoms with Gasteiger partial charge in [-0.25, -0.2) is 13.8 Å². The van der Waals surface area contributed by atoms with E-state index in [4.69, 9.17) is 0 Å². The second kappa shape index (κ2) is 8.17. The van der Waals surface area contributed by atoms with Gasteiger partial charge in [-0.05, 0) is 42.3 Å². The van der Waals surface area contributed by atoms with Crippen LogP contribution in [0.1, 0.15) is 16.7 Å². The van der Waals surface area contributed by atoms with E-state index in [0.29, 0.717) is 33.9 Å². The number of hydrogen-bond donors (Lipinski definition) is 0. The second-order valence-electron chi connectivity index (χ2n) is 6.85. The van der Waals surface area contributed by atoms with Gasteiger partial charge in [-0.3, -0.25) is 9.36 Å². The number of para-hydroxylation sites is 1. The van der Waals surface area contributed by atoms with E-state index < -0.39 is 11.6 Å². The first-order chi connectivity index (χ1) is 14.0. The predicted molar refractivity (Wildman–Crippen MR) is 112 cm³/mol. The maximum atomic E-state index is 13.5. The van der Waals surface area contributed by atoms with Crippen molar-refractivity contribution in [1.29, 1.82) is 0 Å². The van der Waals surface area contributed by atoms with Crippen molar-refractivity contribution in [2.24, 2.45) is 0 Å². The summed E-state index contributed by atoms with van der Waals surface area (Å²) >= 11 is 1.29. The van der Waals surface area contributed by atoms with Gasteiger partial charge in [-0.2, -0.15) is 0 Å². The number of halogens is 2. The highest BCUT2D eigenvalue weighted by molar-refractivity contribution is 7.98. The van der Waals surface area contributed by atoms with Crippen LogP contribution in [0.15, 0.2) is 76.7 Å². The average Bonchev–Trinajstić information content (AvgIpc) is 2.70. The monoisotopic (exact) mass is 408 g/mol. The van der Waals surface area contributed by atoms with Gasteiger partial charge >= 0.3 is 0 Å². The van der Waals surface area contributed by atoms with Gasteiger partial charge in [0.05, 0.1) is 17.4 Å². The highest BCUT2D eigenvalue weighted by atomic mass is 32.2. The van der Waals surface area contributed by atoms with Crippen molar-refractivity contribution in [3.8, 4) is 0 Å². The van der Waals surface area contributed by atoms with Gasteiger partial charge in [0.2, 0.25) is 0 Å². The molecule has 29 heavy (non-hydrogen) atoms. The minimum atomic E-state index is -0.621. The second-order valence-corrected chi connectivity index (χ2v) is 7.80. The molecular formula is C23H18F2N2OS. The summed E-state index contributed by atoms with van der Waals surface area (Å²) in [6.07, 6.45) is 0. The van der Waals surface area contributed by atoms with E-state index >= 15 is 0 Å². The van der Waals surface area contributed by atoms with Gasteiger partial charge in [0, 0.05) is 11.8 Å². The zero-order chi connectivity index (χ0) is 20.4. The first kappa shape index (κ1) is 19.3. The number of aromatic nitrogens is 2. The van der Waals surface area contributed by atoms with Gasteiger partial charge in [0.1, 0.15) is 11.6 Å².